The molecule has 5 nitrogen and oxygen atoms in total. The number of ether oxygens (including phenoxy) is 2. The van der Waals surface area contributed by atoms with Crippen molar-refractivity contribution in [2.45, 2.75) is 0 Å². The van der Waals surface area contributed by atoms with Crippen molar-refractivity contribution in [2.75, 3.05) is 6.61 Å². The molecule has 0 unspecified atom stereocenters. The van der Waals surface area contributed by atoms with Crippen molar-refractivity contribution in [3.05, 3.63) is 72.3 Å². The predicted molar refractivity (Wildman–Crippen MR) is 90.0 cm³/mol. The zero-order chi connectivity index (χ0) is 16.9. The van der Waals surface area contributed by atoms with Crippen molar-refractivity contribution in [3.8, 4) is 11.5 Å². The average molecular weight is 321 g/mol. The van der Waals surface area contributed by atoms with Crippen molar-refractivity contribution < 1.29 is 19.1 Å². The Kier molecular flexibility index (Phi) is 4.43. The molecule has 1 amide bonds. The van der Waals surface area contributed by atoms with E-state index < -0.39 is 11.9 Å². The lowest BCUT2D eigenvalue weighted by Crippen LogP contribution is -2.18. The molecule has 5 heteroatoms. The zero-order valence-electron chi connectivity index (χ0n) is 12.8. The maximum Gasteiger partial charge on any atom is 0.349 e. The number of carbonyl (C=O) groups is 2. The van der Waals surface area contributed by atoms with Crippen LogP contribution < -0.4 is 15.2 Å². The van der Waals surface area contributed by atoms with Crippen LogP contribution in [-0.2, 0) is 4.79 Å². The van der Waals surface area contributed by atoms with E-state index >= 15 is 0 Å². The Morgan fingerprint density at radius 1 is 0.833 bits per heavy atom. The SMILES string of the molecule is NC(=O)c1ccc(OC(=O)COc2ccc3ccccc3c2)cc1. The highest BCUT2D eigenvalue weighted by atomic mass is 16.6. The van der Waals surface area contributed by atoms with E-state index in [-0.39, 0.29) is 6.61 Å². The molecule has 0 aromatic heterocycles. The van der Waals surface area contributed by atoms with Crippen LogP contribution in [0, 0.1) is 0 Å². The van der Waals surface area contributed by atoms with Crippen LogP contribution >= 0.6 is 0 Å². The minimum atomic E-state index is -0.535. The third-order valence-electron chi connectivity index (χ3n) is 3.45. The Bertz CT molecular complexity index is 887. The molecule has 3 aromatic carbocycles. The van der Waals surface area contributed by atoms with E-state index in [9.17, 15) is 9.59 Å². The molecular formula is C19H15NO4. The average Bonchev–Trinajstić information content (AvgIpc) is 2.60. The van der Waals surface area contributed by atoms with Gasteiger partial charge in [-0.1, -0.05) is 30.3 Å². The molecule has 0 radical (unpaired) electrons. The second-order valence-corrected chi connectivity index (χ2v) is 5.16. The molecule has 0 atom stereocenters. The number of fused-ring (bicyclic) bond motifs is 1. The summed E-state index contributed by atoms with van der Waals surface area (Å²) in [6.07, 6.45) is 0. The van der Waals surface area contributed by atoms with E-state index in [0.717, 1.165) is 10.8 Å². The van der Waals surface area contributed by atoms with Crippen LogP contribution in [0.25, 0.3) is 10.8 Å². The van der Waals surface area contributed by atoms with Gasteiger partial charge in [0, 0.05) is 5.56 Å². The summed E-state index contributed by atoms with van der Waals surface area (Å²) in [5.41, 5.74) is 5.50. The van der Waals surface area contributed by atoms with Crippen LogP contribution in [0.4, 0.5) is 0 Å². The lowest BCUT2D eigenvalue weighted by atomic mass is 10.1. The summed E-state index contributed by atoms with van der Waals surface area (Å²) < 4.78 is 10.6. The second-order valence-electron chi connectivity index (χ2n) is 5.16. The Morgan fingerprint density at radius 3 is 2.21 bits per heavy atom. The molecular weight excluding hydrogens is 306 g/mol. The molecule has 0 aliphatic carbocycles. The van der Waals surface area contributed by atoms with Crippen molar-refractivity contribution in [2.24, 2.45) is 5.73 Å². The fourth-order valence-corrected chi connectivity index (χ4v) is 2.25. The van der Waals surface area contributed by atoms with E-state index in [4.69, 9.17) is 15.2 Å². The number of nitrogens with two attached hydrogens (primary N) is 1. The molecule has 0 bridgehead atoms. The monoisotopic (exact) mass is 321 g/mol. The number of hydrogen-bond donors (Lipinski definition) is 1. The van der Waals surface area contributed by atoms with Crippen LogP contribution in [0.1, 0.15) is 10.4 Å². The molecule has 24 heavy (non-hydrogen) atoms. The lowest BCUT2D eigenvalue weighted by Gasteiger charge is -2.08. The molecule has 2 N–H and O–H groups in total. The van der Waals surface area contributed by atoms with Gasteiger partial charge < -0.3 is 15.2 Å². The molecule has 0 aliphatic heterocycles. The van der Waals surface area contributed by atoms with Crippen LogP contribution in [0.15, 0.2) is 66.7 Å². The van der Waals surface area contributed by atoms with E-state index in [1.165, 1.54) is 24.3 Å². The van der Waals surface area contributed by atoms with Gasteiger partial charge in [0.05, 0.1) is 0 Å². The minimum Gasteiger partial charge on any atom is -0.482 e. The van der Waals surface area contributed by atoms with E-state index in [1.807, 2.05) is 36.4 Å². The standard InChI is InChI=1S/C19H15NO4/c20-19(22)14-6-8-16(9-7-14)24-18(21)12-23-17-10-5-13-3-1-2-4-15(13)11-17/h1-11H,12H2,(H2,20,22). The molecule has 0 fully saturated rings. The number of primary amides is 1. The molecule has 0 saturated carbocycles. The Morgan fingerprint density at radius 2 is 1.50 bits per heavy atom. The Balaban J connectivity index is 1.59. The maximum absolute atomic E-state index is 11.8. The van der Waals surface area contributed by atoms with Gasteiger partial charge in [-0.25, -0.2) is 4.79 Å². The number of rotatable bonds is 5. The van der Waals surface area contributed by atoms with Gasteiger partial charge in [0.1, 0.15) is 11.5 Å². The quantitative estimate of drug-likeness (QED) is 0.579. The maximum atomic E-state index is 11.8. The molecule has 0 heterocycles. The summed E-state index contributed by atoms with van der Waals surface area (Å²) in [6.45, 7) is -0.212. The van der Waals surface area contributed by atoms with Crippen LogP contribution in [0.5, 0.6) is 11.5 Å². The number of amides is 1. The normalized spacial score (nSPS) is 10.3. The highest BCUT2D eigenvalue weighted by Crippen LogP contribution is 2.20. The van der Waals surface area contributed by atoms with Crippen molar-refractivity contribution in [3.63, 3.8) is 0 Å². The first-order valence-corrected chi connectivity index (χ1v) is 7.34. The third-order valence-corrected chi connectivity index (χ3v) is 3.45. The van der Waals surface area contributed by atoms with Crippen LogP contribution in [-0.4, -0.2) is 18.5 Å². The van der Waals surface area contributed by atoms with Gasteiger partial charge in [-0.2, -0.15) is 0 Å². The van der Waals surface area contributed by atoms with Gasteiger partial charge in [-0.3, -0.25) is 4.79 Å². The van der Waals surface area contributed by atoms with Crippen molar-refractivity contribution in [1.29, 1.82) is 0 Å². The summed E-state index contributed by atoms with van der Waals surface area (Å²) >= 11 is 0. The van der Waals surface area contributed by atoms with Gasteiger partial charge >= 0.3 is 5.97 Å². The summed E-state index contributed by atoms with van der Waals surface area (Å²) in [4.78, 5) is 22.8. The van der Waals surface area contributed by atoms with Gasteiger partial charge in [-0.15, -0.1) is 0 Å². The highest BCUT2D eigenvalue weighted by molar-refractivity contribution is 5.92. The first-order chi connectivity index (χ1) is 11.6. The van der Waals surface area contributed by atoms with Crippen molar-refractivity contribution in [1.82, 2.24) is 0 Å². The number of benzene rings is 3. The van der Waals surface area contributed by atoms with Gasteiger partial charge in [0.25, 0.3) is 0 Å². The van der Waals surface area contributed by atoms with Gasteiger partial charge in [0.2, 0.25) is 5.91 Å². The van der Waals surface area contributed by atoms with Crippen LogP contribution in [0.3, 0.4) is 0 Å². The fraction of sp³-hybridized carbons (Fsp3) is 0.0526. The number of carbonyl (C=O) groups excluding carboxylic acids is 2. The molecule has 120 valence electrons. The zero-order valence-corrected chi connectivity index (χ0v) is 12.8. The lowest BCUT2D eigenvalue weighted by molar-refractivity contribution is -0.136. The summed E-state index contributed by atoms with van der Waals surface area (Å²) in [7, 11) is 0. The Hall–Kier alpha value is -3.34. The second kappa shape index (κ2) is 6.83. The summed E-state index contributed by atoms with van der Waals surface area (Å²) in [5.74, 6) is -0.149. The van der Waals surface area contributed by atoms with E-state index in [2.05, 4.69) is 0 Å². The van der Waals surface area contributed by atoms with Crippen LogP contribution in [0.2, 0.25) is 0 Å². The minimum absolute atomic E-state index is 0.212. The smallest absolute Gasteiger partial charge is 0.349 e. The molecule has 0 spiro atoms. The molecule has 3 rings (SSSR count). The topological polar surface area (TPSA) is 78.6 Å². The summed E-state index contributed by atoms with van der Waals surface area (Å²) in [5, 5.41) is 2.13. The first kappa shape index (κ1) is 15.6. The highest BCUT2D eigenvalue weighted by Gasteiger charge is 2.08. The largest absolute Gasteiger partial charge is 0.482 e. The third kappa shape index (κ3) is 3.70. The molecule has 3 aromatic rings. The number of hydrogen-bond acceptors (Lipinski definition) is 4. The first-order valence-electron chi connectivity index (χ1n) is 7.34. The number of esters is 1. The molecule has 0 saturated heterocycles. The van der Waals surface area contributed by atoms with E-state index in [1.54, 1.807) is 6.07 Å². The predicted octanol–water partition coefficient (Wildman–Crippen LogP) is 2.92. The van der Waals surface area contributed by atoms with Gasteiger partial charge in [-0.05, 0) is 47.2 Å². The van der Waals surface area contributed by atoms with E-state index in [0.29, 0.717) is 17.1 Å². The Labute approximate surface area is 138 Å². The van der Waals surface area contributed by atoms with Crippen molar-refractivity contribution >= 4 is 22.6 Å². The fourth-order valence-electron chi connectivity index (χ4n) is 2.25. The summed E-state index contributed by atoms with van der Waals surface area (Å²) in [6, 6.07) is 19.5. The molecule has 0 aliphatic rings. The van der Waals surface area contributed by atoms with Gasteiger partial charge in [0.15, 0.2) is 6.61 Å².